The number of carbonyl (C=O) groups is 5. The Morgan fingerprint density at radius 1 is 0.919 bits per heavy atom. The first-order chi connectivity index (χ1) is 30.0. The maximum Gasteiger partial charge on any atom is 0.255 e. The third kappa shape index (κ3) is 7.50. The SMILES string of the molecule is CCc1cc2c(cc1N1CCC(N3CCN(C(=O)CCCCCOc4cccc5c4CN(C4CCC(=O)NC4=O)C5=O)CC3)CC1)C(C)(C)c1[nH]c3c(c1C2=O)CCC(C#N)=C3. The summed E-state index contributed by atoms with van der Waals surface area (Å²) in [4.78, 5) is 76.8. The van der Waals surface area contributed by atoms with Gasteiger partial charge in [0.25, 0.3) is 5.91 Å². The second-order valence-corrected chi connectivity index (χ2v) is 18.4. The first kappa shape index (κ1) is 41.6. The molecular formula is C49H57N7O6. The van der Waals surface area contributed by atoms with E-state index in [2.05, 4.69) is 59.1 Å². The maximum absolute atomic E-state index is 14.2. The molecule has 62 heavy (non-hydrogen) atoms. The molecule has 3 aromatic rings. The van der Waals surface area contributed by atoms with Gasteiger partial charge in [-0.05, 0) is 105 Å². The van der Waals surface area contributed by atoms with Gasteiger partial charge in [0.2, 0.25) is 17.7 Å². The third-order valence-corrected chi connectivity index (χ3v) is 14.4. The van der Waals surface area contributed by atoms with E-state index in [-0.39, 0.29) is 41.9 Å². The topological polar surface area (TPSA) is 159 Å². The number of amides is 4. The molecule has 4 aliphatic heterocycles. The van der Waals surface area contributed by atoms with E-state index >= 15 is 0 Å². The molecule has 13 heteroatoms. The monoisotopic (exact) mass is 839 g/mol. The number of benzene rings is 2. The number of imide groups is 1. The molecule has 13 nitrogen and oxygen atoms in total. The van der Waals surface area contributed by atoms with E-state index < -0.39 is 11.9 Å². The number of aromatic amines is 1. The number of nitrogens with zero attached hydrogens (tertiary/aromatic N) is 5. The minimum atomic E-state index is -0.662. The number of nitriles is 1. The lowest BCUT2D eigenvalue weighted by atomic mass is 9.70. The van der Waals surface area contributed by atoms with Crippen LogP contribution in [0, 0.1) is 11.3 Å². The Labute approximate surface area is 363 Å². The van der Waals surface area contributed by atoms with E-state index in [1.165, 1.54) is 16.2 Å². The fourth-order valence-corrected chi connectivity index (χ4v) is 10.8. The zero-order valence-electron chi connectivity index (χ0n) is 36.2. The Kier molecular flexibility index (Phi) is 11.3. The number of allylic oxidation sites excluding steroid dienone is 1. The third-order valence-electron chi connectivity index (χ3n) is 14.4. The highest BCUT2D eigenvalue weighted by atomic mass is 16.5. The summed E-state index contributed by atoms with van der Waals surface area (Å²) in [5, 5.41) is 11.9. The van der Waals surface area contributed by atoms with Gasteiger partial charge in [-0.1, -0.05) is 26.8 Å². The number of ketones is 1. The van der Waals surface area contributed by atoms with Crippen molar-refractivity contribution in [3.63, 3.8) is 0 Å². The predicted octanol–water partition coefficient (Wildman–Crippen LogP) is 5.81. The molecule has 3 fully saturated rings. The number of hydrogen-bond donors (Lipinski definition) is 2. The van der Waals surface area contributed by atoms with Crippen molar-refractivity contribution in [2.45, 2.75) is 115 Å². The highest BCUT2D eigenvalue weighted by Gasteiger charge is 2.43. The van der Waals surface area contributed by atoms with E-state index in [4.69, 9.17) is 4.74 Å². The summed E-state index contributed by atoms with van der Waals surface area (Å²) < 4.78 is 6.12. The van der Waals surface area contributed by atoms with Gasteiger partial charge in [-0.3, -0.25) is 34.2 Å². The summed E-state index contributed by atoms with van der Waals surface area (Å²) >= 11 is 0. The molecule has 2 N–H and O–H groups in total. The number of hydrogen-bond acceptors (Lipinski definition) is 9. The Balaban J connectivity index is 0.725. The van der Waals surface area contributed by atoms with Crippen LogP contribution in [0.4, 0.5) is 5.69 Å². The number of H-pyrrole nitrogens is 1. The summed E-state index contributed by atoms with van der Waals surface area (Å²) in [6.45, 7) is 12.5. The molecule has 1 atom stereocenters. The summed E-state index contributed by atoms with van der Waals surface area (Å²) in [5.74, 6) is -0.00298. The van der Waals surface area contributed by atoms with Crippen LogP contribution < -0.4 is 15.0 Å². The minimum absolute atomic E-state index is 0.0960. The Bertz CT molecular complexity index is 2410. The van der Waals surface area contributed by atoms with Crippen LogP contribution in [0.25, 0.3) is 6.08 Å². The molecular weight excluding hydrogens is 783 g/mol. The molecule has 0 spiro atoms. The lowest BCUT2D eigenvalue weighted by Gasteiger charge is -2.44. The minimum Gasteiger partial charge on any atom is -0.493 e. The number of aryl methyl sites for hydroxylation is 1. The number of ether oxygens (including phenoxy) is 1. The molecule has 0 saturated carbocycles. The molecule has 0 bridgehead atoms. The average molecular weight is 840 g/mol. The van der Waals surface area contributed by atoms with E-state index in [0.29, 0.717) is 49.6 Å². The number of carbonyl (C=O) groups excluding carboxylic acids is 5. The number of anilines is 1. The van der Waals surface area contributed by atoms with E-state index in [0.717, 1.165) is 123 Å². The number of rotatable bonds is 11. The molecule has 1 unspecified atom stereocenters. The summed E-state index contributed by atoms with van der Waals surface area (Å²) in [6.07, 6.45) is 9.73. The van der Waals surface area contributed by atoms with Gasteiger partial charge in [0.15, 0.2) is 5.78 Å². The van der Waals surface area contributed by atoms with Gasteiger partial charge in [-0.25, -0.2) is 0 Å². The number of fused-ring (bicyclic) bond motifs is 5. The summed E-state index contributed by atoms with van der Waals surface area (Å²) in [6, 6.07) is 12.0. The van der Waals surface area contributed by atoms with E-state index in [1.807, 2.05) is 17.0 Å². The quantitative estimate of drug-likeness (QED) is 0.180. The fourth-order valence-electron chi connectivity index (χ4n) is 10.8. The van der Waals surface area contributed by atoms with Gasteiger partial charge in [0, 0.05) is 108 Å². The summed E-state index contributed by atoms with van der Waals surface area (Å²) in [5.41, 5.74) is 9.72. The van der Waals surface area contributed by atoms with Crippen molar-refractivity contribution in [3.8, 4) is 11.8 Å². The zero-order valence-corrected chi connectivity index (χ0v) is 36.2. The number of unbranched alkanes of at least 4 members (excludes halogenated alkanes) is 2. The van der Waals surface area contributed by atoms with Crippen LogP contribution in [0.3, 0.4) is 0 Å². The Morgan fingerprint density at radius 3 is 2.45 bits per heavy atom. The molecule has 3 saturated heterocycles. The van der Waals surface area contributed by atoms with Crippen molar-refractivity contribution in [1.29, 1.82) is 5.26 Å². The largest absolute Gasteiger partial charge is 0.493 e. The molecule has 5 heterocycles. The molecule has 2 aromatic carbocycles. The van der Waals surface area contributed by atoms with E-state index in [9.17, 15) is 29.2 Å². The molecule has 0 radical (unpaired) electrons. The van der Waals surface area contributed by atoms with Crippen molar-refractivity contribution in [2.75, 3.05) is 50.8 Å². The van der Waals surface area contributed by atoms with Crippen LogP contribution in [0.2, 0.25) is 0 Å². The van der Waals surface area contributed by atoms with Gasteiger partial charge in [-0.15, -0.1) is 0 Å². The van der Waals surface area contributed by atoms with Crippen molar-refractivity contribution in [3.05, 3.63) is 86.2 Å². The highest BCUT2D eigenvalue weighted by molar-refractivity contribution is 6.15. The molecule has 6 aliphatic rings. The van der Waals surface area contributed by atoms with Crippen LogP contribution >= 0.6 is 0 Å². The highest BCUT2D eigenvalue weighted by Crippen LogP contribution is 2.47. The van der Waals surface area contributed by atoms with Crippen LogP contribution in [0.1, 0.15) is 138 Å². The second-order valence-electron chi connectivity index (χ2n) is 18.4. The zero-order chi connectivity index (χ0) is 43.3. The lowest BCUT2D eigenvalue weighted by Crippen LogP contribution is -2.54. The molecule has 9 rings (SSSR count). The molecule has 1 aromatic heterocycles. The first-order valence-corrected chi connectivity index (χ1v) is 22.7. The number of nitrogens with one attached hydrogen (secondary N) is 2. The number of piperazine rings is 1. The average Bonchev–Trinajstić information content (AvgIpc) is 3.85. The normalized spacial score (nSPS) is 21.2. The standard InChI is InChI=1S/C49H57N7O6/c1-4-31-26-35-37(49(2,3)46-44(45(35)59)34-13-12-30(28-50)25-38(34)51-46)27-40(31)54-18-16-32(17-19-54)53-20-22-55(23-21-53)43(58)11-6-5-7-24-62-41-10-8-9-33-36(41)29-56(48(33)61)39-14-15-42(57)52-47(39)60/h8-10,25-27,32,39,51H,4-7,11-24,29H2,1-3H3,(H,52,57,60). The van der Waals surface area contributed by atoms with Gasteiger partial charge in [0.05, 0.1) is 19.2 Å². The smallest absolute Gasteiger partial charge is 0.255 e. The number of aromatic nitrogens is 1. The van der Waals surface area contributed by atoms with Crippen LogP contribution in [-0.2, 0) is 39.2 Å². The molecule has 2 aliphatic carbocycles. The second kappa shape index (κ2) is 16.9. The number of piperidine rings is 2. The van der Waals surface area contributed by atoms with Crippen LogP contribution in [0.15, 0.2) is 35.9 Å². The predicted molar refractivity (Wildman–Crippen MR) is 234 cm³/mol. The summed E-state index contributed by atoms with van der Waals surface area (Å²) in [7, 11) is 0. The van der Waals surface area contributed by atoms with Crippen molar-refractivity contribution in [2.24, 2.45) is 0 Å². The fraction of sp³-hybridized carbons (Fsp3) is 0.510. The first-order valence-electron chi connectivity index (χ1n) is 22.7. The van der Waals surface area contributed by atoms with Crippen LogP contribution in [0.5, 0.6) is 5.75 Å². The van der Waals surface area contributed by atoms with Crippen molar-refractivity contribution >= 4 is 41.2 Å². The van der Waals surface area contributed by atoms with Crippen molar-refractivity contribution < 1.29 is 28.7 Å². The Morgan fingerprint density at radius 2 is 1.71 bits per heavy atom. The Hall–Kier alpha value is -5.74. The maximum atomic E-state index is 14.2. The van der Waals surface area contributed by atoms with Gasteiger partial charge >= 0.3 is 0 Å². The van der Waals surface area contributed by atoms with E-state index in [1.54, 1.807) is 12.1 Å². The lowest BCUT2D eigenvalue weighted by molar-refractivity contribution is -0.137. The van der Waals surface area contributed by atoms with Gasteiger partial charge in [-0.2, -0.15) is 5.26 Å². The van der Waals surface area contributed by atoms with Crippen LogP contribution in [-0.4, -0.2) is 107 Å². The van der Waals surface area contributed by atoms with Gasteiger partial charge in [0.1, 0.15) is 11.8 Å². The molecule has 324 valence electrons. The van der Waals surface area contributed by atoms with Crippen molar-refractivity contribution in [1.82, 2.24) is 25.0 Å². The van der Waals surface area contributed by atoms with Gasteiger partial charge < -0.3 is 24.4 Å². The molecule has 4 amide bonds.